The molecular weight excluding hydrogens is 474 g/mol. The van der Waals surface area contributed by atoms with Gasteiger partial charge in [0.15, 0.2) is 0 Å². The van der Waals surface area contributed by atoms with E-state index in [0.717, 1.165) is 67.9 Å². The van der Waals surface area contributed by atoms with Crippen molar-refractivity contribution in [3.63, 3.8) is 0 Å². The summed E-state index contributed by atoms with van der Waals surface area (Å²) in [5.74, 6) is 1.35. The lowest BCUT2D eigenvalue weighted by Crippen LogP contribution is -2.48. The second kappa shape index (κ2) is 9.74. The maximum atomic E-state index is 12.9. The van der Waals surface area contributed by atoms with Crippen LogP contribution in [0.2, 0.25) is 5.02 Å². The number of carbonyl (C=O) groups is 2. The topological polar surface area (TPSA) is 55.8 Å². The first-order valence-electron chi connectivity index (χ1n) is 13.2. The monoisotopic (exact) mass is 509 g/mol. The average Bonchev–Trinajstić information content (AvgIpc) is 2.96. The van der Waals surface area contributed by atoms with Crippen LogP contribution in [-0.2, 0) is 21.4 Å². The molecule has 3 aliphatic rings. The molecule has 0 aromatic heterocycles. The highest BCUT2D eigenvalue weighted by Gasteiger charge is 2.43. The van der Waals surface area contributed by atoms with Gasteiger partial charge in [0.2, 0.25) is 0 Å². The number of aryl methyl sites for hydroxylation is 1. The van der Waals surface area contributed by atoms with Crippen molar-refractivity contribution in [2.75, 3.05) is 24.6 Å². The molecule has 5 nitrogen and oxygen atoms in total. The predicted molar refractivity (Wildman–Crippen MR) is 142 cm³/mol. The van der Waals surface area contributed by atoms with Crippen LogP contribution in [0.4, 0.5) is 5.69 Å². The van der Waals surface area contributed by atoms with Crippen LogP contribution in [-0.4, -0.2) is 37.6 Å². The first-order chi connectivity index (χ1) is 17.2. The van der Waals surface area contributed by atoms with Crippen LogP contribution in [0.25, 0.3) is 0 Å². The van der Waals surface area contributed by atoms with Crippen molar-refractivity contribution in [3.05, 3.63) is 58.1 Å². The average molecular weight is 510 g/mol. The molecule has 5 rings (SSSR count). The van der Waals surface area contributed by atoms with Gasteiger partial charge in [-0.1, -0.05) is 17.7 Å². The number of halogens is 1. The third-order valence-corrected chi connectivity index (χ3v) is 8.34. The fourth-order valence-corrected chi connectivity index (χ4v) is 6.37. The van der Waals surface area contributed by atoms with Gasteiger partial charge < -0.3 is 19.2 Å². The van der Waals surface area contributed by atoms with E-state index in [1.807, 2.05) is 39.0 Å². The maximum Gasteiger partial charge on any atom is 0.338 e. The van der Waals surface area contributed by atoms with E-state index in [4.69, 9.17) is 21.1 Å². The Morgan fingerprint density at radius 3 is 2.72 bits per heavy atom. The number of aldehydes is 1. The molecule has 192 valence electrons. The highest BCUT2D eigenvalue weighted by Crippen LogP contribution is 2.46. The van der Waals surface area contributed by atoms with Crippen LogP contribution >= 0.6 is 11.6 Å². The van der Waals surface area contributed by atoms with Crippen LogP contribution in [0, 0.1) is 11.8 Å². The van der Waals surface area contributed by atoms with Crippen LogP contribution in [0.5, 0.6) is 5.75 Å². The van der Waals surface area contributed by atoms with Gasteiger partial charge >= 0.3 is 5.97 Å². The third-order valence-electron chi connectivity index (χ3n) is 8.10. The number of carbonyl (C=O) groups excluding carboxylic acids is 2. The summed E-state index contributed by atoms with van der Waals surface area (Å²) in [6.07, 6.45) is 7.04. The summed E-state index contributed by atoms with van der Waals surface area (Å²) in [5, 5.41) is 0.772. The van der Waals surface area contributed by atoms with Crippen molar-refractivity contribution < 1.29 is 19.1 Å². The minimum Gasteiger partial charge on any atom is -0.490 e. The molecule has 1 heterocycles. The van der Waals surface area contributed by atoms with E-state index >= 15 is 0 Å². The van der Waals surface area contributed by atoms with E-state index in [1.54, 1.807) is 6.07 Å². The van der Waals surface area contributed by atoms with E-state index in [9.17, 15) is 9.59 Å². The molecule has 6 heteroatoms. The second-order valence-corrected chi connectivity index (χ2v) is 12.2. The third kappa shape index (κ3) is 5.00. The van der Waals surface area contributed by atoms with Crippen LogP contribution in [0.3, 0.4) is 0 Å². The first-order valence-corrected chi connectivity index (χ1v) is 13.5. The Bertz CT molecular complexity index is 1160. The Hall–Kier alpha value is -2.53. The minimum absolute atomic E-state index is 0.160. The Morgan fingerprint density at radius 1 is 1.19 bits per heavy atom. The summed E-state index contributed by atoms with van der Waals surface area (Å²) in [6, 6.07) is 11.9. The van der Waals surface area contributed by atoms with Crippen LogP contribution in [0.1, 0.15) is 74.4 Å². The predicted octanol–water partition coefficient (Wildman–Crippen LogP) is 6.38. The Kier molecular flexibility index (Phi) is 6.80. The Labute approximate surface area is 219 Å². The molecule has 2 unspecified atom stereocenters. The molecule has 36 heavy (non-hydrogen) atoms. The number of hydrogen-bond donors (Lipinski definition) is 0. The summed E-state index contributed by atoms with van der Waals surface area (Å²) >= 11 is 6.36. The summed E-state index contributed by atoms with van der Waals surface area (Å²) in [5.41, 5.74) is 3.37. The van der Waals surface area contributed by atoms with Gasteiger partial charge in [-0.15, -0.1) is 0 Å². The van der Waals surface area contributed by atoms with Gasteiger partial charge in [-0.05, 0) is 106 Å². The fourth-order valence-electron chi connectivity index (χ4n) is 6.17. The number of fused-ring (bicyclic) bond motifs is 3. The largest absolute Gasteiger partial charge is 0.490 e. The lowest BCUT2D eigenvalue weighted by Gasteiger charge is -2.44. The molecule has 0 N–H and O–H groups in total. The quantitative estimate of drug-likeness (QED) is 0.345. The zero-order valence-electron chi connectivity index (χ0n) is 21.5. The Morgan fingerprint density at radius 2 is 2.00 bits per heavy atom. The van der Waals surface area contributed by atoms with Crippen molar-refractivity contribution >= 4 is 29.5 Å². The first kappa shape index (κ1) is 25.1. The summed E-state index contributed by atoms with van der Waals surface area (Å²) < 4.78 is 12.2. The van der Waals surface area contributed by atoms with E-state index < -0.39 is 5.60 Å². The summed E-state index contributed by atoms with van der Waals surface area (Å²) in [6.45, 7) is 7.87. The van der Waals surface area contributed by atoms with Crippen molar-refractivity contribution in [2.45, 2.75) is 70.3 Å². The van der Waals surface area contributed by atoms with Gasteiger partial charge in [-0.2, -0.15) is 0 Å². The van der Waals surface area contributed by atoms with E-state index in [-0.39, 0.29) is 11.4 Å². The van der Waals surface area contributed by atoms with Crippen molar-refractivity contribution in [1.29, 1.82) is 0 Å². The molecule has 3 atom stereocenters. The molecular formula is C30H36ClNO4. The lowest BCUT2D eigenvalue weighted by molar-refractivity contribution is -0.109. The smallest absolute Gasteiger partial charge is 0.338 e. The van der Waals surface area contributed by atoms with E-state index in [1.165, 1.54) is 11.1 Å². The SMILES string of the molecule is CC(C)(C)OC(=O)c1ccc2c(c1)N(CC1CCC1CC=O)C[C@@]1(CCCc3cc(Cl)ccc31)CO2. The summed E-state index contributed by atoms with van der Waals surface area (Å²) in [7, 11) is 0. The number of ether oxygens (including phenoxy) is 2. The number of benzene rings is 2. The number of rotatable bonds is 5. The van der Waals surface area contributed by atoms with Gasteiger partial charge in [0.05, 0.1) is 17.9 Å². The Balaban J connectivity index is 1.52. The van der Waals surface area contributed by atoms with Gasteiger partial charge in [0.1, 0.15) is 17.6 Å². The zero-order chi connectivity index (χ0) is 25.5. The summed E-state index contributed by atoms with van der Waals surface area (Å²) in [4.78, 5) is 26.6. The number of nitrogens with zero attached hydrogens (tertiary/aromatic N) is 1. The van der Waals surface area contributed by atoms with Gasteiger partial charge in [0, 0.05) is 29.9 Å². The minimum atomic E-state index is -0.564. The van der Waals surface area contributed by atoms with E-state index in [2.05, 4.69) is 17.0 Å². The molecule has 0 radical (unpaired) electrons. The molecule has 0 amide bonds. The highest BCUT2D eigenvalue weighted by atomic mass is 35.5. The zero-order valence-corrected chi connectivity index (χ0v) is 22.3. The molecule has 2 aromatic carbocycles. The van der Waals surface area contributed by atoms with Gasteiger partial charge in [-0.3, -0.25) is 0 Å². The maximum absolute atomic E-state index is 12.9. The highest BCUT2D eigenvalue weighted by molar-refractivity contribution is 6.30. The molecule has 2 aliphatic carbocycles. The molecule has 0 bridgehead atoms. The van der Waals surface area contributed by atoms with Crippen molar-refractivity contribution in [1.82, 2.24) is 0 Å². The standard InChI is InChI=1S/C30H36ClNO4/c1-29(2,3)36-28(34)22-8-11-27-26(16-22)32(17-23-7-6-20(23)12-14-33)18-30(19-35-27)13-4-5-21-15-24(31)9-10-25(21)30/h8-11,14-16,20,23H,4-7,12-13,17-19H2,1-3H3/t20?,23?,30-/m0/s1. The fraction of sp³-hybridized carbons (Fsp3) is 0.533. The molecule has 1 saturated carbocycles. The number of esters is 1. The lowest BCUT2D eigenvalue weighted by atomic mass is 9.69. The van der Waals surface area contributed by atoms with Crippen molar-refractivity contribution in [2.24, 2.45) is 11.8 Å². The molecule has 1 spiro atoms. The van der Waals surface area contributed by atoms with Crippen molar-refractivity contribution in [3.8, 4) is 5.75 Å². The van der Waals surface area contributed by atoms with E-state index in [0.29, 0.717) is 30.4 Å². The molecule has 1 fully saturated rings. The number of hydrogen-bond acceptors (Lipinski definition) is 5. The van der Waals surface area contributed by atoms with Crippen LogP contribution in [0.15, 0.2) is 36.4 Å². The molecule has 0 saturated heterocycles. The van der Waals surface area contributed by atoms with Gasteiger partial charge in [0.25, 0.3) is 0 Å². The normalized spacial score (nSPS) is 25.2. The second-order valence-electron chi connectivity index (χ2n) is 11.8. The molecule has 2 aromatic rings. The number of anilines is 1. The van der Waals surface area contributed by atoms with Gasteiger partial charge in [-0.25, -0.2) is 4.79 Å². The molecule has 1 aliphatic heterocycles. The van der Waals surface area contributed by atoms with Crippen LogP contribution < -0.4 is 9.64 Å².